The van der Waals surface area contributed by atoms with E-state index in [2.05, 4.69) is 46.9 Å². The van der Waals surface area contributed by atoms with Crippen LogP contribution in [0.5, 0.6) is 0 Å². The summed E-state index contributed by atoms with van der Waals surface area (Å²) in [5.74, 6) is 0.174. The van der Waals surface area contributed by atoms with Gasteiger partial charge in [-0.15, -0.1) is 0 Å². The predicted molar refractivity (Wildman–Crippen MR) is 144 cm³/mol. The van der Waals surface area contributed by atoms with Crippen LogP contribution in [-0.4, -0.2) is 56.1 Å². The van der Waals surface area contributed by atoms with Crippen LogP contribution in [0.1, 0.15) is 16.7 Å². The summed E-state index contributed by atoms with van der Waals surface area (Å²) in [6.07, 6.45) is 1.43. The molecule has 0 saturated carbocycles. The first kappa shape index (κ1) is 24.4. The molecule has 0 aliphatic carbocycles. The molecular weight excluding hydrogens is 468 g/mol. The average Bonchev–Trinajstić information content (AvgIpc) is 2.90. The van der Waals surface area contributed by atoms with Crippen molar-refractivity contribution in [3.8, 4) is 11.4 Å². The Morgan fingerprint density at radius 1 is 0.919 bits per heavy atom. The maximum atomic E-state index is 13.2. The molecule has 0 radical (unpaired) electrons. The van der Waals surface area contributed by atoms with E-state index in [9.17, 15) is 14.4 Å². The summed E-state index contributed by atoms with van der Waals surface area (Å²) in [7, 11) is 1.56. The fraction of sp³-hybridized carbons (Fsp3) is 0.321. The minimum absolute atomic E-state index is 0.199. The summed E-state index contributed by atoms with van der Waals surface area (Å²) in [6.45, 7) is 8.27. The van der Waals surface area contributed by atoms with Crippen LogP contribution in [0.15, 0.2) is 58.3 Å². The molecule has 5 rings (SSSR count). The second-order valence-corrected chi connectivity index (χ2v) is 9.69. The first-order valence-corrected chi connectivity index (χ1v) is 12.4. The Hall–Kier alpha value is -4.27. The van der Waals surface area contributed by atoms with Gasteiger partial charge >= 0.3 is 5.69 Å². The number of nitrogens with zero attached hydrogens (tertiary/aromatic N) is 6. The number of carbonyl (C=O) groups is 1. The Morgan fingerprint density at radius 2 is 1.59 bits per heavy atom. The lowest BCUT2D eigenvalue weighted by Crippen LogP contribution is -2.51. The molecule has 2 aromatic heterocycles. The topological polar surface area (TPSA) is 93.3 Å². The number of hydrogen-bond donors (Lipinski definition) is 0. The van der Waals surface area contributed by atoms with E-state index in [0.29, 0.717) is 32.0 Å². The number of aromatic nitrogens is 4. The van der Waals surface area contributed by atoms with Gasteiger partial charge in [0.1, 0.15) is 11.9 Å². The fourth-order valence-corrected chi connectivity index (χ4v) is 4.86. The Labute approximate surface area is 214 Å². The van der Waals surface area contributed by atoms with Crippen molar-refractivity contribution in [2.24, 2.45) is 7.05 Å². The number of anilines is 1. The van der Waals surface area contributed by atoms with Crippen LogP contribution in [0, 0.1) is 20.8 Å². The summed E-state index contributed by atoms with van der Waals surface area (Å²) in [6, 6.07) is 14.1. The van der Waals surface area contributed by atoms with Gasteiger partial charge in [-0.05, 0) is 32.4 Å². The zero-order chi connectivity index (χ0) is 26.3. The number of carbonyl (C=O) groups excluding carboxylic acids is 1. The number of aryl methyl sites for hydroxylation is 4. The van der Waals surface area contributed by atoms with Gasteiger partial charge in [0.2, 0.25) is 5.91 Å². The predicted octanol–water partition coefficient (Wildman–Crippen LogP) is 2.43. The molecule has 9 heteroatoms. The van der Waals surface area contributed by atoms with E-state index in [1.807, 2.05) is 31.2 Å². The molecule has 9 nitrogen and oxygen atoms in total. The van der Waals surface area contributed by atoms with Crippen LogP contribution in [-0.2, 0) is 18.4 Å². The molecule has 0 N–H and O–H groups in total. The summed E-state index contributed by atoms with van der Waals surface area (Å²) < 4.78 is 2.29. The Bertz CT molecular complexity index is 1610. The van der Waals surface area contributed by atoms with Crippen LogP contribution in [0.3, 0.4) is 0 Å². The number of hydrogen-bond acceptors (Lipinski definition) is 6. The second-order valence-electron chi connectivity index (χ2n) is 9.69. The maximum absolute atomic E-state index is 13.2. The normalized spacial score (nSPS) is 13.8. The van der Waals surface area contributed by atoms with E-state index in [1.165, 1.54) is 27.6 Å². The van der Waals surface area contributed by atoms with Crippen LogP contribution in [0.25, 0.3) is 22.4 Å². The number of piperazine rings is 1. The minimum atomic E-state index is -0.576. The molecule has 0 bridgehead atoms. The molecule has 1 saturated heterocycles. The standard InChI is InChI=1S/C28H30N6O3/c1-18-5-8-21(9-6-18)25-29-16-22-26(30-25)31(4)28(37)34(27(22)36)17-24(35)33-13-11-32(12-14-33)23-10-7-19(2)15-20(23)3/h5-10,15-16H,11-14,17H2,1-4H3. The molecule has 37 heavy (non-hydrogen) atoms. The Morgan fingerprint density at radius 3 is 2.27 bits per heavy atom. The molecule has 190 valence electrons. The van der Waals surface area contributed by atoms with Crippen LogP contribution in [0.2, 0.25) is 0 Å². The Kier molecular flexibility index (Phi) is 6.37. The van der Waals surface area contributed by atoms with Crippen LogP contribution in [0.4, 0.5) is 5.69 Å². The van der Waals surface area contributed by atoms with Gasteiger partial charge in [0.15, 0.2) is 11.5 Å². The molecular formula is C28H30N6O3. The summed E-state index contributed by atoms with van der Waals surface area (Å²) in [4.78, 5) is 52.2. The van der Waals surface area contributed by atoms with Crippen molar-refractivity contribution < 1.29 is 4.79 Å². The maximum Gasteiger partial charge on any atom is 0.332 e. The van der Waals surface area contributed by atoms with Gasteiger partial charge in [-0.3, -0.25) is 18.7 Å². The number of rotatable bonds is 4. The van der Waals surface area contributed by atoms with E-state index >= 15 is 0 Å². The molecule has 1 amide bonds. The SMILES string of the molecule is Cc1ccc(-c2ncc3c(=O)n(CC(=O)N4CCN(c5ccc(C)cc5C)CC4)c(=O)n(C)c3n2)cc1. The third-order valence-corrected chi connectivity index (χ3v) is 7.01. The number of benzene rings is 2. The lowest BCUT2D eigenvalue weighted by molar-refractivity contribution is -0.132. The van der Waals surface area contributed by atoms with Gasteiger partial charge in [0.05, 0.1) is 0 Å². The molecule has 0 unspecified atom stereocenters. The van der Waals surface area contributed by atoms with Gasteiger partial charge in [0, 0.05) is 50.7 Å². The fourth-order valence-electron chi connectivity index (χ4n) is 4.86. The van der Waals surface area contributed by atoms with Gasteiger partial charge < -0.3 is 9.80 Å². The van der Waals surface area contributed by atoms with E-state index in [-0.39, 0.29) is 23.5 Å². The second kappa shape index (κ2) is 9.65. The highest BCUT2D eigenvalue weighted by Crippen LogP contribution is 2.22. The van der Waals surface area contributed by atoms with E-state index in [1.54, 1.807) is 11.9 Å². The quantitative estimate of drug-likeness (QED) is 0.429. The minimum Gasteiger partial charge on any atom is -0.368 e. The number of amides is 1. The lowest BCUT2D eigenvalue weighted by atomic mass is 10.1. The highest BCUT2D eigenvalue weighted by molar-refractivity contribution is 5.78. The molecule has 1 aliphatic heterocycles. The molecule has 1 aliphatic rings. The highest BCUT2D eigenvalue weighted by Gasteiger charge is 2.24. The van der Waals surface area contributed by atoms with Crippen molar-refractivity contribution in [2.75, 3.05) is 31.1 Å². The smallest absolute Gasteiger partial charge is 0.332 e. The zero-order valence-corrected chi connectivity index (χ0v) is 21.6. The van der Waals surface area contributed by atoms with Gasteiger partial charge in [-0.2, -0.15) is 0 Å². The van der Waals surface area contributed by atoms with Crippen molar-refractivity contribution in [1.82, 2.24) is 24.0 Å². The van der Waals surface area contributed by atoms with Crippen molar-refractivity contribution in [3.05, 3.63) is 86.2 Å². The highest BCUT2D eigenvalue weighted by atomic mass is 16.2. The summed E-state index contributed by atoms with van der Waals surface area (Å²) in [5, 5.41) is 0.199. The molecule has 0 atom stereocenters. The molecule has 2 aromatic carbocycles. The summed E-state index contributed by atoms with van der Waals surface area (Å²) >= 11 is 0. The number of fused-ring (bicyclic) bond motifs is 1. The van der Waals surface area contributed by atoms with E-state index < -0.39 is 11.2 Å². The molecule has 4 aromatic rings. The van der Waals surface area contributed by atoms with Crippen molar-refractivity contribution in [2.45, 2.75) is 27.3 Å². The molecule has 3 heterocycles. The molecule has 0 spiro atoms. The third-order valence-electron chi connectivity index (χ3n) is 7.01. The van der Waals surface area contributed by atoms with Gasteiger partial charge in [-0.25, -0.2) is 14.8 Å². The summed E-state index contributed by atoms with van der Waals surface area (Å²) in [5.41, 5.74) is 4.60. The first-order chi connectivity index (χ1) is 17.7. The van der Waals surface area contributed by atoms with Crippen molar-refractivity contribution >= 4 is 22.6 Å². The van der Waals surface area contributed by atoms with Gasteiger partial charge in [-0.1, -0.05) is 47.5 Å². The van der Waals surface area contributed by atoms with Crippen molar-refractivity contribution in [3.63, 3.8) is 0 Å². The Balaban J connectivity index is 1.36. The van der Waals surface area contributed by atoms with Crippen molar-refractivity contribution in [1.29, 1.82) is 0 Å². The largest absolute Gasteiger partial charge is 0.368 e. The average molecular weight is 499 g/mol. The van der Waals surface area contributed by atoms with Gasteiger partial charge in [0.25, 0.3) is 5.56 Å². The monoisotopic (exact) mass is 498 g/mol. The first-order valence-electron chi connectivity index (χ1n) is 12.4. The van der Waals surface area contributed by atoms with E-state index in [0.717, 1.165) is 15.7 Å². The molecule has 1 fully saturated rings. The van der Waals surface area contributed by atoms with Crippen LogP contribution >= 0.6 is 0 Å². The third kappa shape index (κ3) is 4.64. The zero-order valence-electron chi connectivity index (χ0n) is 21.6. The van der Waals surface area contributed by atoms with Crippen LogP contribution < -0.4 is 16.1 Å². The van der Waals surface area contributed by atoms with E-state index in [4.69, 9.17) is 0 Å². The lowest BCUT2D eigenvalue weighted by Gasteiger charge is -2.37.